The number of aryl methyl sites for hydroxylation is 3. The summed E-state index contributed by atoms with van der Waals surface area (Å²) in [5.41, 5.74) is 5.48. The van der Waals surface area contributed by atoms with Crippen LogP contribution in [0.15, 0.2) is 72.9 Å². The summed E-state index contributed by atoms with van der Waals surface area (Å²) in [6.45, 7) is 8.89. The Morgan fingerprint density at radius 3 is 2.35 bits per heavy atom. The Labute approximate surface area is 206 Å². The van der Waals surface area contributed by atoms with Gasteiger partial charge >= 0.3 is 0 Å². The predicted molar refractivity (Wildman–Crippen MR) is 138 cm³/mol. The second-order valence-corrected chi connectivity index (χ2v) is 9.64. The average Bonchev–Trinajstić information content (AvgIpc) is 3.19. The molecule has 1 amide bonds. The fourth-order valence-electron chi connectivity index (χ4n) is 4.59. The third kappa shape index (κ3) is 4.64. The molecule has 34 heavy (non-hydrogen) atoms. The largest absolute Gasteiger partial charge is 0.359 e. The Morgan fingerprint density at radius 2 is 1.68 bits per heavy atom. The van der Waals surface area contributed by atoms with Gasteiger partial charge in [-0.1, -0.05) is 65.7 Å². The summed E-state index contributed by atoms with van der Waals surface area (Å²) < 4.78 is 0. The third-order valence-electron chi connectivity index (χ3n) is 6.60. The zero-order valence-corrected chi connectivity index (χ0v) is 20.7. The highest BCUT2D eigenvalue weighted by Crippen LogP contribution is 2.33. The van der Waals surface area contributed by atoms with Crippen molar-refractivity contribution >= 4 is 29.0 Å². The van der Waals surface area contributed by atoms with Crippen molar-refractivity contribution < 1.29 is 9.59 Å². The van der Waals surface area contributed by atoms with Gasteiger partial charge in [0.05, 0.1) is 5.69 Å². The monoisotopic (exact) mass is 472 g/mol. The van der Waals surface area contributed by atoms with E-state index in [-0.39, 0.29) is 11.7 Å². The summed E-state index contributed by atoms with van der Waals surface area (Å²) in [5.74, 6) is -0.347. The summed E-state index contributed by atoms with van der Waals surface area (Å²) in [4.78, 5) is 28.9. The Morgan fingerprint density at radius 1 is 1.00 bits per heavy atom. The van der Waals surface area contributed by atoms with Gasteiger partial charge in [0.1, 0.15) is 5.54 Å². The van der Waals surface area contributed by atoms with Gasteiger partial charge in [0.15, 0.2) is 5.78 Å². The molecule has 4 rings (SSSR count). The first kappa shape index (κ1) is 23.8. The van der Waals surface area contributed by atoms with Gasteiger partial charge in [-0.3, -0.25) is 9.59 Å². The van der Waals surface area contributed by atoms with E-state index >= 15 is 0 Å². The van der Waals surface area contributed by atoms with Crippen LogP contribution < -0.4 is 5.32 Å². The fraction of sp³-hybridized carbons (Fsp3) is 0.241. The van der Waals surface area contributed by atoms with Crippen molar-refractivity contribution in [2.45, 2.75) is 46.2 Å². The van der Waals surface area contributed by atoms with E-state index < -0.39 is 5.54 Å². The number of ketones is 1. The lowest BCUT2D eigenvalue weighted by Gasteiger charge is -2.36. The van der Waals surface area contributed by atoms with Crippen LogP contribution in [0.5, 0.6) is 0 Å². The SMILES string of the molecule is Cc1cc(C)c(CN2C=CC[C@]2(C)C(=O)Nc2ccc(Cl)cc2C(=O)c2ccccc2)c(C)c1. The molecule has 0 bridgehead atoms. The highest BCUT2D eigenvalue weighted by Gasteiger charge is 2.40. The van der Waals surface area contributed by atoms with Gasteiger partial charge in [0, 0.05) is 22.7 Å². The number of hydrogen-bond donors (Lipinski definition) is 1. The number of carbonyl (C=O) groups is 2. The second-order valence-electron chi connectivity index (χ2n) is 9.21. The molecule has 0 saturated heterocycles. The van der Waals surface area contributed by atoms with Crippen LogP contribution in [0.2, 0.25) is 5.02 Å². The number of carbonyl (C=O) groups excluding carboxylic acids is 2. The molecular weight excluding hydrogens is 444 g/mol. The second kappa shape index (κ2) is 9.47. The van der Waals surface area contributed by atoms with Crippen molar-refractivity contribution in [3.63, 3.8) is 0 Å². The topological polar surface area (TPSA) is 49.4 Å². The molecule has 1 N–H and O–H groups in total. The average molecular weight is 473 g/mol. The molecule has 0 radical (unpaired) electrons. The molecule has 0 spiro atoms. The van der Waals surface area contributed by atoms with Crippen LogP contribution in [0.1, 0.15) is 51.5 Å². The number of halogens is 1. The molecule has 1 aliphatic heterocycles. The van der Waals surface area contributed by atoms with E-state index in [0.717, 1.165) is 0 Å². The van der Waals surface area contributed by atoms with Crippen LogP contribution in [0.4, 0.5) is 5.69 Å². The van der Waals surface area contributed by atoms with E-state index in [0.29, 0.717) is 34.8 Å². The molecule has 4 nitrogen and oxygen atoms in total. The van der Waals surface area contributed by atoms with E-state index in [1.807, 2.05) is 37.4 Å². The number of benzene rings is 3. The van der Waals surface area contributed by atoms with E-state index in [9.17, 15) is 9.59 Å². The summed E-state index contributed by atoms with van der Waals surface area (Å²) in [5, 5.41) is 3.47. The minimum atomic E-state index is -0.781. The van der Waals surface area contributed by atoms with Gasteiger partial charge in [-0.05, 0) is 75.2 Å². The van der Waals surface area contributed by atoms with Gasteiger partial charge in [-0.25, -0.2) is 0 Å². The molecule has 0 aliphatic carbocycles. The molecule has 0 saturated carbocycles. The lowest BCUT2D eigenvalue weighted by atomic mass is 9.94. The number of nitrogens with zero attached hydrogens (tertiary/aromatic N) is 1. The molecule has 1 aliphatic rings. The third-order valence-corrected chi connectivity index (χ3v) is 6.84. The van der Waals surface area contributed by atoms with Gasteiger partial charge in [-0.15, -0.1) is 0 Å². The summed E-state index contributed by atoms with van der Waals surface area (Å²) in [7, 11) is 0. The van der Waals surface area contributed by atoms with E-state index in [1.54, 1.807) is 30.3 Å². The number of nitrogens with one attached hydrogen (secondary N) is 1. The van der Waals surface area contributed by atoms with E-state index in [2.05, 4.69) is 43.1 Å². The first-order valence-electron chi connectivity index (χ1n) is 11.4. The van der Waals surface area contributed by atoms with Crippen molar-refractivity contribution in [1.29, 1.82) is 0 Å². The highest BCUT2D eigenvalue weighted by atomic mass is 35.5. The normalized spacial score (nSPS) is 17.1. The summed E-state index contributed by atoms with van der Waals surface area (Å²) in [6, 6.07) is 18.3. The molecule has 5 heteroatoms. The van der Waals surface area contributed by atoms with Crippen molar-refractivity contribution in [2.75, 3.05) is 5.32 Å². The van der Waals surface area contributed by atoms with Gasteiger partial charge in [-0.2, -0.15) is 0 Å². The number of amides is 1. The van der Waals surface area contributed by atoms with Crippen LogP contribution in [0.25, 0.3) is 0 Å². The molecule has 3 aromatic rings. The minimum absolute atomic E-state index is 0.163. The van der Waals surface area contributed by atoms with Crippen molar-refractivity contribution in [3.8, 4) is 0 Å². The fourth-order valence-corrected chi connectivity index (χ4v) is 4.76. The van der Waals surface area contributed by atoms with E-state index in [1.165, 1.54) is 22.3 Å². The van der Waals surface area contributed by atoms with Crippen LogP contribution in [-0.2, 0) is 11.3 Å². The minimum Gasteiger partial charge on any atom is -0.359 e. The predicted octanol–water partition coefficient (Wildman–Crippen LogP) is 6.61. The van der Waals surface area contributed by atoms with Crippen LogP contribution in [0.3, 0.4) is 0 Å². The van der Waals surface area contributed by atoms with Crippen LogP contribution in [0, 0.1) is 20.8 Å². The Kier molecular flexibility index (Phi) is 6.63. The zero-order valence-electron chi connectivity index (χ0n) is 20.0. The van der Waals surface area contributed by atoms with Crippen molar-refractivity contribution in [1.82, 2.24) is 4.90 Å². The lowest BCUT2D eigenvalue weighted by molar-refractivity contribution is -0.125. The number of anilines is 1. The molecule has 1 atom stereocenters. The lowest BCUT2D eigenvalue weighted by Crippen LogP contribution is -2.49. The van der Waals surface area contributed by atoms with Crippen LogP contribution >= 0.6 is 11.6 Å². The standard InChI is InChI=1S/C29H29ClN2O2/c1-19-15-20(2)25(21(3)16-19)18-32-14-8-13-29(32,4)28(34)31-26-12-11-23(30)17-24(26)27(33)22-9-6-5-7-10-22/h5-12,14-17H,13,18H2,1-4H3,(H,31,34)/t29-/m1/s1. The number of rotatable bonds is 6. The molecule has 1 heterocycles. The molecular formula is C29H29ClN2O2. The number of hydrogen-bond acceptors (Lipinski definition) is 3. The first-order chi connectivity index (χ1) is 16.2. The first-order valence-corrected chi connectivity index (χ1v) is 11.8. The van der Waals surface area contributed by atoms with Crippen molar-refractivity contribution in [2.24, 2.45) is 0 Å². The molecule has 174 valence electrons. The highest BCUT2D eigenvalue weighted by molar-refractivity contribution is 6.31. The molecule has 0 aromatic heterocycles. The quantitative estimate of drug-likeness (QED) is 0.410. The smallest absolute Gasteiger partial charge is 0.250 e. The molecule has 0 unspecified atom stereocenters. The Balaban J connectivity index is 1.61. The summed E-state index contributed by atoms with van der Waals surface area (Å²) >= 11 is 6.21. The van der Waals surface area contributed by atoms with Crippen LogP contribution in [-0.4, -0.2) is 22.1 Å². The van der Waals surface area contributed by atoms with Gasteiger partial charge in [0.25, 0.3) is 0 Å². The maximum Gasteiger partial charge on any atom is 0.250 e. The maximum atomic E-state index is 13.6. The Hall–Kier alpha value is -3.37. The zero-order chi connectivity index (χ0) is 24.5. The summed E-state index contributed by atoms with van der Waals surface area (Å²) in [6.07, 6.45) is 4.60. The maximum absolute atomic E-state index is 13.6. The van der Waals surface area contributed by atoms with E-state index in [4.69, 9.17) is 11.6 Å². The Bertz CT molecular complexity index is 1260. The molecule has 3 aromatic carbocycles. The van der Waals surface area contributed by atoms with Crippen molar-refractivity contribution in [3.05, 3.63) is 111 Å². The molecule has 0 fully saturated rings. The van der Waals surface area contributed by atoms with Gasteiger partial charge in [0.2, 0.25) is 5.91 Å². The van der Waals surface area contributed by atoms with Gasteiger partial charge < -0.3 is 10.2 Å².